The van der Waals surface area contributed by atoms with E-state index in [9.17, 15) is 42.7 Å². The molecule has 1 aromatic heterocycles. The van der Waals surface area contributed by atoms with Crippen LogP contribution in [0.2, 0.25) is 0 Å². The van der Waals surface area contributed by atoms with Gasteiger partial charge in [0.1, 0.15) is 23.4 Å². The standard InChI is InChI=1S/C57H63F3N8O6S2/c1-35-48(76-34-63-35)39-11-9-36(10-12-39)32-62-51(71)47-30-44(69)33-66(47)52(72)49(55(2,3)4)64-50(70)40-15-13-37(14-16-40)38-23-26-65(27-24-38)25-7-8-28-74-45-21-19-42(20-22-45)68-54(75)67(53(73)56(68,5)6)43-18-17-41(31-61)46(29-43)57(58,59)60/h9-22,29,34,38,44,47,49,69H,7-8,23-28,30,32-33H2,1-6H3,(H,62,71)(H,64,70)/t44-,47+,49-/m1/s1. The van der Waals surface area contributed by atoms with Crippen LogP contribution in [0.4, 0.5) is 24.5 Å². The van der Waals surface area contributed by atoms with Gasteiger partial charge in [0.05, 0.1) is 51.7 Å². The molecule has 0 aliphatic carbocycles. The molecule has 3 aliphatic heterocycles. The van der Waals surface area contributed by atoms with E-state index in [1.54, 1.807) is 72.6 Å². The van der Waals surface area contributed by atoms with Gasteiger partial charge >= 0.3 is 6.18 Å². The minimum atomic E-state index is -4.79. The van der Waals surface area contributed by atoms with Gasteiger partial charge in [-0.3, -0.25) is 24.1 Å². The highest BCUT2D eigenvalue weighted by Crippen LogP contribution is 2.40. The lowest BCUT2D eigenvalue weighted by molar-refractivity contribution is -0.142. The number of hydrogen-bond acceptors (Lipinski definition) is 11. The quantitative estimate of drug-likeness (QED) is 0.0635. The third kappa shape index (κ3) is 12.3. The summed E-state index contributed by atoms with van der Waals surface area (Å²) >= 11 is 7.24. The number of thiazole rings is 1. The summed E-state index contributed by atoms with van der Waals surface area (Å²) < 4.78 is 47.3. The monoisotopic (exact) mass is 1080 g/mol. The zero-order valence-corrected chi connectivity index (χ0v) is 45.1. The highest BCUT2D eigenvalue weighted by atomic mass is 32.1. The molecule has 4 amide bonds. The second-order valence-electron chi connectivity index (χ2n) is 21.3. The van der Waals surface area contributed by atoms with Gasteiger partial charge in [-0.25, -0.2) is 4.98 Å². The molecule has 5 aromatic rings. The van der Waals surface area contributed by atoms with E-state index in [-0.39, 0.29) is 36.2 Å². The molecule has 3 aliphatic rings. The Hall–Kier alpha value is -6.72. The number of aliphatic hydroxyl groups is 1. The first kappa shape index (κ1) is 55.5. The lowest BCUT2D eigenvalue weighted by atomic mass is 9.85. The highest BCUT2D eigenvalue weighted by Gasteiger charge is 2.51. The molecule has 3 saturated heterocycles. The number of hydrogen-bond donors (Lipinski definition) is 3. The maximum absolute atomic E-state index is 14.2. The molecular weight excluding hydrogens is 1010 g/mol. The number of nitriles is 1. The first-order valence-corrected chi connectivity index (χ1v) is 26.8. The number of nitrogens with zero attached hydrogens (tertiary/aromatic N) is 6. The van der Waals surface area contributed by atoms with Crippen molar-refractivity contribution < 1.29 is 42.2 Å². The van der Waals surface area contributed by atoms with E-state index < -0.39 is 64.2 Å². The number of anilines is 2. The molecule has 0 saturated carbocycles. The Morgan fingerprint density at radius 3 is 2.25 bits per heavy atom. The molecular formula is C57H63F3N8O6S2. The zero-order chi connectivity index (χ0) is 54.7. The molecule has 19 heteroatoms. The fourth-order valence-corrected chi connectivity index (χ4v) is 11.5. The van der Waals surface area contributed by atoms with Crippen molar-refractivity contribution in [2.75, 3.05) is 42.6 Å². The Morgan fingerprint density at radius 2 is 1.63 bits per heavy atom. The second-order valence-corrected chi connectivity index (χ2v) is 22.5. The fourth-order valence-electron chi connectivity index (χ4n) is 10.2. The Labute approximate surface area is 450 Å². The van der Waals surface area contributed by atoms with E-state index in [1.807, 2.05) is 69.6 Å². The predicted octanol–water partition coefficient (Wildman–Crippen LogP) is 9.39. The van der Waals surface area contributed by atoms with Crippen molar-refractivity contribution in [3.8, 4) is 22.3 Å². The minimum absolute atomic E-state index is 0.0150. The molecule has 14 nitrogen and oxygen atoms in total. The van der Waals surface area contributed by atoms with E-state index >= 15 is 0 Å². The van der Waals surface area contributed by atoms with Crippen molar-refractivity contribution in [2.24, 2.45) is 5.41 Å². The van der Waals surface area contributed by atoms with Crippen LogP contribution >= 0.6 is 23.6 Å². The van der Waals surface area contributed by atoms with E-state index in [0.717, 1.165) is 89.6 Å². The lowest BCUT2D eigenvalue weighted by Crippen LogP contribution is -2.57. The topological polar surface area (TPSA) is 171 Å². The second kappa shape index (κ2) is 22.9. The van der Waals surface area contributed by atoms with E-state index in [1.165, 1.54) is 11.0 Å². The van der Waals surface area contributed by atoms with Gasteiger partial charge in [0.15, 0.2) is 5.11 Å². The number of carbonyl (C=O) groups excluding carboxylic acids is 4. The normalized spacial score (nSPS) is 18.7. The maximum Gasteiger partial charge on any atom is 0.417 e. The number of likely N-dealkylation sites (tertiary alicyclic amines) is 2. The number of rotatable bonds is 16. The first-order valence-electron chi connectivity index (χ1n) is 25.5. The van der Waals surface area contributed by atoms with Gasteiger partial charge in [-0.15, -0.1) is 11.3 Å². The molecule has 0 bridgehead atoms. The number of halogens is 3. The molecule has 400 valence electrons. The van der Waals surface area contributed by atoms with Crippen LogP contribution in [-0.4, -0.2) is 105 Å². The van der Waals surface area contributed by atoms with E-state index in [4.69, 9.17) is 17.0 Å². The number of alkyl halides is 3. The Balaban J connectivity index is 0.769. The number of thiocarbonyl (C=S) groups is 1. The fraction of sp³-hybridized carbons (Fsp3) is 0.421. The Bertz CT molecular complexity index is 2980. The number of aryl methyl sites for hydroxylation is 1. The number of ether oxygens (including phenoxy) is 1. The molecule has 4 aromatic carbocycles. The molecule has 3 N–H and O–H groups in total. The molecule has 4 heterocycles. The Kier molecular flexibility index (Phi) is 16.7. The summed E-state index contributed by atoms with van der Waals surface area (Å²) in [5.74, 6) is -0.733. The van der Waals surface area contributed by atoms with Crippen LogP contribution in [0.3, 0.4) is 0 Å². The van der Waals surface area contributed by atoms with Crippen molar-refractivity contribution in [1.29, 1.82) is 5.26 Å². The van der Waals surface area contributed by atoms with Crippen molar-refractivity contribution in [3.63, 3.8) is 0 Å². The number of amides is 4. The maximum atomic E-state index is 14.2. The lowest BCUT2D eigenvalue weighted by Gasteiger charge is -2.35. The molecule has 3 fully saturated rings. The summed E-state index contributed by atoms with van der Waals surface area (Å²) in [7, 11) is 0. The Morgan fingerprint density at radius 1 is 0.961 bits per heavy atom. The van der Waals surface area contributed by atoms with Gasteiger partial charge in [-0.1, -0.05) is 57.2 Å². The van der Waals surface area contributed by atoms with Gasteiger partial charge in [0.25, 0.3) is 11.8 Å². The molecule has 76 heavy (non-hydrogen) atoms. The summed E-state index contributed by atoms with van der Waals surface area (Å²) in [6.45, 7) is 14.4. The number of nitrogens with one attached hydrogen (secondary N) is 2. The van der Waals surface area contributed by atoms with Crippen LogP contribution in [0, 0.1) is 23.7 Å². The van der Waals surface area contributed by atoms with Gasteiger partial charge in [-0.05, 0) is 161 Å². The largest absolute Gasteiger partial charge is 0.494 e. The van der Waals surface area contributed by atoms with Gasteiger partial charge in [0, 0.05) is 30.8 Å². The number of aromatic nitrogens is 1. The highest BCUT2D eigenvalue weighted by molar-refractivity contribution is 7.81. The van der Waals surface area contributed by atoms with E-state index in [2.05, 4.69) is 20.5 Å². The number of benzene rings is 4. The average molecular weight is 1080 g/mol. The summed E-state index contributed by atoms with van der Waals surface area (Å²) in [5, 5.41) is 25.8. The van der Waals surface area contributed by atoms with Gasteiger partial charge < -0.3 is 35.2 Å². The zero-order valence-electron chi connectivity index (χ0n) is 43.4. The number of unbranched alkanes of at least 4 members (excludes halogenated alkanes) is 1. The molecule has 0 unspecified atom stereocenters. The van der Waals surface area contributed by atoms with Crippen LogP contribution in [0.5, 0.6) is 5.75 Å². The van der Waals surface area contributed by atoms with Crippen molar-refractivity contribution >= 4 is 63.7 Å². The van der Waals surface area contributed by atoms with Crippen LogP contribution in [0.15, 0.2) is 96.5 Å². The number of piperidine rings is 1. The number of β-amino-alcohol motifs (C(OH)–C–C–N with tert-alkyl or cyclic N) is 1. The average Bonchev–Trinajstić information content (AvgIpc) is 4.08. The number of aliphatic hydroxyl groups excluding tert-OH is 1. The van der Waals surface area contributed by atoms with Crippen LogP contribution < -0.4 is 25.2 Å². The molecule has 8 rings (SSSR count). The molecule has 0 radical (unpaired) electrons. The SMILES string of the molecule is Cc1ncsc1-c1ccc(CNC(=O)[C@@H]2C[C@@H](O)CN2C(=O)[C@@H](NC(=O)c2ccc(C3CCN(CCCCOc4ccc(N5C(=S)N(c6ccc(C#N)c(C(F)(F)F)c6)C(=O)C5(C)C)cc4)CC3)cc2)C(C)(C)C)cc1. The van der Waals surface area contributed by atoms with Crippen molar-refractivity contribution in [1.82, 2.24) is 25.4 Å². The molecule has 0 spiro atoms. The van der Waals surface area contributed by atoms with Gasteiger partial charge in [0.2, 0.25) is 11.8 Å². The summed E-state index contributed by atoms with van der Waals surface area (Å²) in [5.41, 5.74) is 3.17. The summed E-state index contributed by atoms with van der Waals surface area (Å²) in [6.07, 6.45) is -1.89. The van der Waals surface area contributed by atoms with Crippen molar-refractivity contribution in [3.05, 3.63) is 130 Å². The molecule has 3 atom stereocenters. The van der Waals surface area contributed by atoms with Crippen LogP contribution in [0.25, 0.3) is 10.4 Å². The first-order chi connectivity index (χ1) is 36.0. The van der Waals surface area contributed by atoms with Crippen LogP contribution in [0.1, 0.15) is 111 Å². The number of carbonyl (C=O) groups is 4. The predicted molar refractivity (Wildman–Crippen MR) is 290 cm³/mol. The smallest absolute Gasteiger partial charge is 0.417 e. The summed E-state index contributed by atoms with van der Waals surface area (Å²) in [4.78, 5) is 67.1. The minimum Gasteiger partial charge on any atom is -0.494 e. The van der Waals surface area contributed by atoms with E-state index in [0.29, 0.717) is 29.5 Å². The van der Waals surface area contributed by atoms with Crippen LogP contribution in [-0.2, 0) is 27.1 Å². The summed E-state index contributed by atoms with van der Waals surface area (Å²) in [6, 6.07) is 25.3. The third-order valence-electron chi connectivity index (χ3n) is 14.5. The van der Waals surface area contributed by atoms with Gasteiger partial charge in [-0.2, -0.15) is 18.4 Å². The third-order valence-corrected chi connectivity index (χ3v) is 15.8. The van der Waals surface area contributed by atoms with Crippen molar-refractivity contribution in [2.45, 2.75) is 116 Å².